The molecule has 0 spiro atoms. The maximum Gasteiger partial charge on any atom is 0.317 e. The minimum absolute atomic E-state index is 0.0400. The Morgan fingerprint density at radius 2 is 1.93 bits per heavy atom. The molecule has 0 bridgehead atoms. The fourth-order valence-electron chi connectivity index (χ4n) is 4.84. The molecule has 1 aromatic heterocycles. The first-order valence-corrected chi connectivity index (χ1v) is 12.5. The number of nitrogens with zero attached hydrogens (tertiary/aromatic N) is 3. The minimum Gasteiger partial charge on any atom is -0.336 e. The number of amides is 3. The number of likely N-dealkylation sites (tertiary alicyclic amines) is 2. The van der Waals surface area contributed by atoms with Crippen LogP contribution in [0.15, 0.2) is 17.2 Å². The summed E-state index contributed by atoms with van der Waals surface area (Å²) in [6.45, 7) is 6.42. The summed E-state index contributed by atoms with van der Waals surface area (Å²) in [4.78, 5) is 34.2. The van der Waals surface area contributed by atoms with E-state index in [0.29, 0.717) is 17.5 Å². The Balaban J connectivity index is 1.36. The van der Waals surface area contributed by atoms with E-state index in [0.717, 1.165) is 56.7 Å². The summed E-state index contributed by atoms with van der Waals surface area (Å²) in [5.74, 6) is 0.966. The highest BCUT2D eigenvalue weighted by Gasteiger charge is 2.32. The Morgan fingerprint density at radius 3 is 2.70 bits per heavy atom. The first kappa shape index (κ1) is 21.3. The van der Waals surface area contributed by atoms with Crippen LogP contribution < -0.4 is 5.32 Å². The second-order valence-electron chi connectivity index (χ2n) is 8.95. The van der Waals surface area contributed by atoms with Gasteiger partial charge < -0.3 is 15.1 Å². The molecule has 30 heavy (non-hydrogen) atoms. The van der Waals surface area contributed by atoms with E-state index in [-0.39, 0.29) is 18.0 Å². The number of thiazole rings is 1. The number of carbonyl (C=O) groups excluding carboxylic acids is 2. The van der Waals surface area contributed by atoms with Crippen molar-refractivity contribution in [3.63, 3.8) is 0 Å². The highest BCUT2D eigenvalue weighted by molar-refractivity contribution is 7.09. The van der Waals surface area contributed by atoms with Gasteiger partial charge in [-0.05, 0) is 64.2 Å². The van der Waals surface area contributed by atoms with Crippen LogP contribution in [-0.4, -0.2) is 52.4 Å². The van der Waals surface area contributed by atoms with Crippen molar-refractivity contribution in [3.8, 4) is 0 Å². The molecular weight excluding hydrogens is 396 g/mol. The molecule has 1 aliphatic carbocycles. The van der Waals surface area contributed by atoms with Gasteiger partial charge in [-0.15, -0.1) is 11.3 Å². The average Bonchev–Trinajstić information content (AvgIpc) is 3.28. The summed E-state index contributed by atoms with van der Waals surface area (Å²) in [5.41, 5.74) is 1.84. The van der Waals surface area contributed by atoms with E-state index in [1.54, 1.807) is 11.3 Å². The quantitative estimate of drug-likeness (QED) is 0.750. The summed E-state index contributed by atoms with van der Waals surface area (Å²) < 4.78 is 0. The van der Waals surface area contributed by atoms with Crippen molar-refractivity contribution in [2.75, 3.05) is 19.6 Å². The number of urea groups is 1. The highest BCUT2D eigenvalue weighted by atomic mass is 32.1. The van der Waals surface area contributed by atoms with Gasteiger partial charge >= 0.3 is 6.03 Å². The molecule has 0 saturated carbocycles. The van der Waals surface area contributed by atoms with E-state index in [2.05, 4.69) is 18.3 Å². The molecule has 0 aromatic carbocycles. The van der Waals surface area contributed by atoms with Crippen LogP contribution in [0.25, 0.3) is 0 Å². The van der Waals surface area contributed by atoms with Crippen molar-refractivity contribution < 1.29 is 9.59 Å². The summed E-state index contributed by atoms with van der Waals surface area (Å²) in [6, 6.07) is 0.245. The SMILES string of the molecule is CCC(C)NC(=O)N1CCC(c2nc(C(=O)N3CCCC4CCCC=C43)cs2)CC1. The number of hydrogen-bond acceptors (Lipinski definition) is 4. The van der Waals surface area contributed by atoms with E-state index in [1.807, 2.05) is 22.1 Å². The lowest BCUT2D eigenvalue weighted by atomic mass is 9.85. The fraction of sp³-hybridized carbons (Fsp3) is 0.696. The number of aromatic nitrogens is 1. The first-order chi connectivity index (χ1) is 14.6. The van der Waals surface area contributed by atoms with Crippen LogP contribution in [0.1, 0.15) is 86.6 Å². The summed E-state index contributed by atoms with van der Waals surface area (Å²) in [6.07, 6.45) is 10.9. The van der Waals surface area contributed by atoms with Gasteiger partial charge in [0.15, 0.2) is 0 Å². The van der Waals surface area contributed by atoms with E-state index < -0.39 is 0 Å². The molecule has 6 nitrogen and oxygen atoms in total. The molecule has 7 heteroatoms. The molecule has 4 rings (SSSR count). The number of nitrogens with one attached hydrogen (secondary N) is 1. The van der Waals surface area contributed by atoms with Gasteiger partial charge in [-0.1, -0.05) is 13.0 Å². The number of fused-ring (bicyclic) bond motifs is 1. The summed E-state index contributed by atoms with van der Waals surface area (Å²) in [5, 5.41) is 6.04. The third-order valence-corrected chi connectivity index (χ3v) is 7.88. The average molecular weight is 431 g/mol. The zero-order valence-corrected chi connectivity index (χ0v) is 19.0. The van der Waals surface area contributed by atoms with E-state index in [4.69, 9.17) is 4.98 Å². The maximum absolute atomic E-state index is 13.2. The number of hydrogen-bond donors (Lipinski definition) is 1. The molecule has 2 atom stereocenters. The smallest absolute Gasteiger partial charge is 0.317 e. The third-order valence-electron chi connectivity index (χ3n) is 6.87. The van der Waals surface area contributed by atoms with Crippen molar-refractivity contribution in [3.05, 3.63) is 27.9 Å². The van der Waals surface area contributed by atoms with Crippen LogP contribution in [0, 0.1) is 5.92 Å². The van der Waals surface area contributed by atoms with Gasteiger partial charge in [0.1, 0.15) is 5.69 Å². The molecule has 2 fully saturated rings. The fourth-order valence-corrected chi connectivity index (χ4v) is 5.81. The summed E-state index contributed by atoms with van der Waals surface area (Å²) in [7, 11) is 0. The van der Waals surface area contributed by atoms with E-state index in [9.17, 15) is 9.59 Å². The Morgan fingerprint density at radius 1 is 1.17 bits per heavy atom. The van der Waals surface area contributed by atoms with Crippen molar-refractivity contribution in [1.29, 1.82) is 0 Å². The highest BCUT2D eigenvalue weighted by Crippen LogP contribution is 2.36. The van der Waals surface area contributed by atoms with Crippen molar-refractivity contribution in [2.45, 2.75) is 77.2 Å². The lowest BCUT2D eigenvalue weighted by Gasteiger charge is -2.37. The molecule has 3 aliphatic rings. The monoisotopic (exact) mass is 430 g/mol. The molecular formula is C23H34N4O2S. The van der Waals surface area contributed by atoms with Gasteiger partial charge in [-0.25, -0.2) is 9.78 Å². The molecule has 2 saturated heterocycles. The Bertz CT molecular complexity index is 797. The molecule has 1 aromatic rings. The van der Waals surface area contributed by atoms with E-state index in [1.165, 1.54) is 25.0 Å². The number of carbonyl (C=O) groups is 2. The number of piperidine rings is 2. The van der Waals surface area contributed by atoms with Crippen molar-refractivity contribution >= 4 is 23.3 Å². The van der Waals surface area contributed by atoms with Crippen LogP contribution in [-0.2, 0) is 0 Å². The second kappa shape index (κ2) is 9.50. The van der Waals surface area contributed by atoms with E-state index >= 15 is 0 Å². The van der Waals surface area contributed by atoms with Gasteiger partial charge in [0.2, 0.25) is 0 Å². The predicted octanol–water partition coefficient (Wildman–Crippen LogP) is 4.75. The molecule has 164 valence electrons. The van der Waals surface area contributed by atoms with Gasteiger partial charge in [0.05, 0.1) is 5.01 Å². The van der Waals surface area contributed by atoms with Crippen LogP contribution in [0.4, 0.5) is 4.79 Å². The minimum atomic E-state index is 0.0400. The molecule has 2 aliphatic heterocycles. The molecule has 3 amide bonds. The zero-order valence-electron chi connectivity index (χ0n) is 18.2. The topological polar surface area (TPSA) is 65.5 Å². The lowest BCUT2D eigenvalue weighted by Crippen LogP contribution is -2.46. The second-order valence-corrected chi connectivity index (χ2v) is 9.84. The molecule has 0 radical (unpaired) electrons. The van der Waals surface area contributed by atoms with Gasteiger partial charge in [-0.2, -0.15) is 0 Å². The maximum atomic E-state index is 13.2. The van der Waals surface area contributed by atoms with Gasteiger partial charge in [-0.3, -0.25) is 4.79 Å². The van der Waals surface area contributed by atoms with Crippen LogP contribution in [0.5, 0.6) is 0 Å². The zero-order chi connectivity index (χ0) is 21.1. The van der Waals surface area contributed by atoms with Crippen LogP contribution in [0.3, 0.4) is 0 Å². The Hall–Kier alpha value is -1.89. The molecule has 3 heterocycles. The largest absolute Gasteiger partial charge is 0.336 e. The Kier molecular flexibility index (Phi) is 6.76. The standard InChI is InChI=1S/C23H34N4O2S/c1-3-16(2)24-23(29)26-13-10-18(11-14-26)21-25-19(15-30-21)22(28)27-12-6-8-17-7-4-5-9-20(17)27/h9,15-18H,3-8,10-14H2,1-2H3,(H,24,29). The third kappa shape index (κ3) is 4.56. The number of rotatable bonds is 4. The molecule has 2 unspecified atom stereocenters. The Labute approximate surface area is 183 Å². The lowest BCUT2D eigenvalue weighted by molar-refractivity contribution is 0.0743. The van der Waals surface area contributed by atoms with Crippen molar-refractivity contribution in [2.24, 2.45) is 5.92 Å². The number of allylic oxidation sites excluding steroid dienone is 2. The normalized spacial score (nSPS) is 23.5. The first-order valence-electron chi connectivity index (χ1n) is 11.6. The van der Waals surface area contributed by atoms with Crippen molar-refractivity contribution in [1.82, 2.24) is 20.1 Å². The molecule has 1 N–H and O–H groups in total. The van der Waals surface area contributed by atoms with Crippen LogP contribution in [0.2, 0.25) is 0 Å². The van der Waals surface area contributed by atoms with Gasteiger partial charge in [0, 0.05) is 42.7 Å². The van der Waals surface area contributed by atoms with Crippen LogP contribution >= 0.6 is 11.3 Å². The van der Waals surface area contributed by atoms with Gasteiger partial charge in [0.25, 0.3) is 5.91 Å². The predicted molar refractivity (Wildman–Crippen MR) is 120 cm³/mol. The summed E-state index contributed by atoms with van der Waals surface area (Å²) >= 11 is 1.60.